The van der Waals surface area contributed by atoms with Crippen molar-refractivity contribution in [3.63, 3.8) is 0 Å². The molecule has 0 aliphatic carbocycles. The smallest absolute Gasteiger partial charge is 0.220 e. The van der Waals surface area contributed by atoms with Crippen LogP contribution in [0.2, 0.25) is 0 Å². The van der Waals surface area contributed by atoms with E-state index in [9.17, 15) is 20.1 Å². The first-order valence-corrected chi connectivity index (χ1v) is 29.5. The summed E-state index contributed by atoms with van der Waals surface area (Å²) in [5, 5.41) is 33.8. The van der Waals surface area contributed by atoms with Crippen molar-refractivity contribution in [2.45, 2.75) is 353 Å². The molecule has 0 bridgehead atoms. The van der Waals surface area contributed by atoms with Gasteiger partial charge in [-0.15, -0.1) is 0 Å². The summed E-state index contributed by atoms with van der Waals surface area (Å²) in [7, 11) is 0. The average Bonchev–Trinajstić information content (AvgIpc) is 3.30. The van der Waals surface area contributed by atoms with E-state index in [1.165, 1.54) is 276 Å². The highest BCUT2D eigenvalue weighted by Crippen LogP contribution is 2.18. The Morgan fingerprint density at radius 3 is 0.906 bits per heavy atom. The summed E-state index contributed by atoms with van der Waals surface area (Å²) in [4.78, 5) is 12.5. The monoisotopic (exact) mass is 904 g/mol. The van der Waals surface area contributed by atoms with Gasteiger partial charge < -0.3 is 20.6 Å². The SMILES string of the molecule is CCCCCCCCCCCCCC/C=C\CCCCCCCCCCCCCCC(=O)NC(CO)C(O)C(O)CCCCCCCCCCCCCCCCCCCCCCCC. The maximum Gasteiger partial charge on any atom is 0.220 e. The van der Waals surface area contributed by atoms with Crippen LogP contribution in [0.5, 0.6) is 0 Å². The molecule has 0 saturated heterocycles. The van der Waals surface area contributed by atoms with Crippen LogP contribution in [0.15, 0.2) is 12.2 Å². The lowest BCUT2D eigenvalue weighted by atomic mass is 9.99. The lowest BCUT2D eigenvalue weighted by Crippen LogP contribution is -2.50. The zero-order valence-electron chi connectivity index (χ0n) is 43.7. The van der Waals surface area contributed by atoms with E-state index in [4.69, 9.17) is 0 Å². The molecule has 3 atom stereocenters. The van der Waals surface area contributed by atoms with Crippen molar-refractivity contribution in [3.05, 3.63) is 12.2 Å². The second-order valence-corrected chi connectivity index (χ2v) is 20.6. The molecule has 5 nitrogen and oxygen atoms in total. The molecule has 0 aromatic heterocycles. The van der Waals surface area contributed by atoms with E-state index >= 15 is 0 Å². The number of rotatable bonds is 55. The molecule has 0 aromatic rings. The molecular weight excluding hydrogens is 787 g/mol. The number of amides is 1. The third kappa shape index (κ3) is 49.0. The van der Waals surface area contributed by atoms with Crippen molar-refractivity contribution in [2.75, 3.05) is 6.61 Å². The predicted molar refractivity (Wildman–Crippen MR) is 282 cm³/mol. The standard InChI is InChI=1S/C59H117NO4/c1-3-5-7-9-11-13-15-17-19-21-23-25-27-28-29-30-31-32-34-36-38-40-42-44-46-48-50-52-54-58(63)60-56(55-61)59(64)57(62)53-51-49-47-45-43-41-39-37-35-33-26-24-22-20-18-16-14-12-10-8-6-4-2/h28-29,56-57,59,61-62,64H,3-27,30-55H2,1-2H3,(H,60,63)/b29-28-. The predicted octanol–water partition coefficient (Wildman–Crippen LogP) is 18.3. The molecule has 0 saturated carbocycles. The van der Waals surface area contributed by atoms with Gasteiger partial charge in [0.25, 0.3) is 0 Å². The van der Waals surface area contributed by atoms with Crippen LogP contribution in [0.4, 0.5) is 0 Å². The number of nitrogens with one attached hydrogen (secondary N) is 1. The lowest BCUT2D eigenvalue weighted by Gasteiger charge is -2.26. The fraction of sp³-hybridized carbons (Fsp3) is 0.949. The molecule has 0 rings (SSSR count). The van der Waals surface area contributed by atoms with E-state index in [1.807, 2.05) is 0 Å². The van der Waals surface area contributed by atoms with Crippen molar-refractivity contribution >= 4 is 5.91 Å². The molecular formula is C59H117NO4. The molecule has 0 aliphatic heterocycles. The molecule has 4 N–H and O–H groups in total. The van der Waals surface area contributed by atoms with E-state index in [1.54, 1.807) is 0 Å². The largest absolute Gasteiger partial charge is 0.394 e. The minimum atomic E-state index is -1.13. The summed E-state index contributed by atoms with van der Waals surface area (Å²) in [6, 6.07) is -0.808. The van der Waals surface area contributed by atoms with Gasteiger partial charge in [-0.25, -0.2) is 0 Å². The zero-order valence-corrected chi connectivity index (χ0v) is 43.7. The fourth-order valence-electron chi connectivity index (χ4n) is 9.57. The number of carbonyl (C=O) groups is 1. The number of aliphatic hydroxyl groups excluding tert-OH is 3. The molecule has 0 aliphatic rings. The number of hydrogen-bond donors (Lipinski definition) is 4. The summed E-state index contributed by atoms with van der Waals surface area (Å²) >= 11 is 0. The van der Waals surface area contributed by atoms with Crippen molar-refractivity contribution in [3.8, 4) is 0 Å². The molecule has 0 fully saturated rings. The van der Waals surface area contributed by atoms with Crippen LogP contribution in [0.3, 0.4) is 0 Å². The first kappa shape index (κ1) is 63.1. The normalized spacial score (nSPS) is 13.3. The maximum absolute atomic E-state index is 12.5. The van der Waals surface area contributed by atoms with Crippen molar-refractivity contribution < 1.29 is 20.1 Å². The summed E-state index contributed by atoms with van der Waals surface area (Å²) < 4.78 is 0. The third-order valence-electron chi connectivity index (χ3n) is 14.1. The Kier molecular flexibility index (Phi) is 53.9. The van der Waals surface area contributed by atoms with Crippen LogP contribution in [0.1, 0.15) is 335 Å². The van der Waals surface area contributed by atoms with Crippen molar-refractivity contribution in [1.82, 2.24) is 5.32 Å². The van der Waals surface area contributed by atoms with Crippen LogP contribution in [-0.2, 0) is 4.79 Å². The van der Waals surface area contributed by atoms with Crippen LogP contribution in [0.25, 0.3) is 0 Å². The zero-order chi connectivity index (χ0) is 46.5. The van der Waals surface area contributed by atoms with Gasteiger partial charge in [-0.2, -0.15) is 0 Å². The molecule has 1 amide bonds. The fourth-order valence-corrected chi connectivity index (χ4v) is 9.57. The summed E-state index contributed by atoms with van der Waals surface area (Å²) in [6.07, 6.45) is 68.0. The van der Waals surface area contributed by atoms with E-state index in [0.29, 0.717) is 12.8 Å². The van der Waals surface area contributed by atoms with Gasteiger partial charge in [-0.05, 0) is 38.5 Å². The number of aliphatic hydroxyl groups is 3. The van der Waals surface area contributed by atoms with Crippen LogP contribution in [0, 0.1) is 0 Å². The van der Waals surface area contributed by atoms with Gasteiger partial charge in [0, 0.05) is 6.42 Å². The first-order valence-electron chi connectivity index (χ1n) is 29.5. The highest BCUT2D eigenvalue weighted by atomic mass is 16.3. The van der Waals surface area contributed by atoms with E-state index in [0.717, 1.165) is 32.1 Å². The Labute approximate surface area is 401 Å². The second-order valence-electron chi connectivity index (χ2n) is 20.6. The Bertz CT molecular complexity index is 909. The van der Waals surface area contributed by atoms with Gasteiger partial charge in [0.05, 0.1) is 18.8 Å². The van der Waals surface area contributed by atoms with Gasteiger partial charge in [-0.1, -0.05) is 302 Å². The number of carbonyl (C=O) groups excluding carboxylic acids is 1. The lowest BCUT2D eigenvalue weighted by molar-refractivity contribution is -0.124. The van der Waals surface area contributed by atoms with E-state index in [-0.39, 0.29) is 12.5 Å². The van der Waals surface area contributed by atoms with Crippen molar-refractivity contribution in [2.24, 2.45) is 0 Å². The Morgan fingerprint density at radius 2 is 0.625 bits per heavy atom. The molecule has 64 heavy (non-hydrogen) atoms. The molecule has 0 spiro atoms. The minimum absolute atomic E-state index is 0.138. The molecule has 0 aromatic carbocycles. The highest BCUT2D eigenvalue weighted by Gasteiger charge is 2.26. The highest BCUT2D eigenvalue weighted by molar-refractivity contribution is 5.76. The van der Waals surface area contributed by atoms with E-state index in [2.05, 4.69) is 31.3 Å². The summed E-state index contributed by atoms with van der Waals surface area (Å²) in [5.74, 6) is -0.138. The van der Waals surface area contributed by atoms with E-state index < -0.39 is 18.2 Å². The van der Waals surface area contributed by atoms with Crippen molar-refractivity contribution in [1.29, 1.82) is 0 Å². The molecule has 3 unspecified atom stereocenters. The first-order chi connectivity index (χ1) is 31.6. The Hall–Kier alpha value is -0.910. The Morgan fingerprint density at radius 1 is 0.375 bits per heavy atom. The van der Waals surface area contributed by atoms with Crippen LogP contribution < -0.4 is 5.32 Å². The third-order valence-corrected chi connectivity index (χ3v) is 14.1. The number of allylic oxidation sites excluding steroid dienone is 2. The molecule has 382 valence electrons. The Balaban J connectivity index is 3.50. The number of hydrogen-bond acceptors (Lipinski definition) is 4. The molecule has 0 radical (unpaired) electrons. The molecule has 5 heteroatoms. The van der Waals surface area contributed by atoms with Gasteiger partial charge in [0.1, 0.15) is 6.10 Å². The summed E-state index contributed by atoms with van der Waals surface area (Å²) in [5.41, 5.74) is 0. The van der Waals surface area contributed by atoms with Gasteiger partial charge in [0.2, 0.25) is 5.91 Å². The van der Waals surface area contributed by atoms with Crippen LogP contribution in [-0.4, -0.2) is 46.1 Å². The second kappa shape index (κ2) is 54.7. The average molecular weight is 905 g/mol. The number of unbranched alkanes of at least 4 members (excludes halogenated alkanes) is 45. The minimum Gasteiger partial charge on any atom is -0.394 e. The van der Waals surface area contributed by atoms with Gasteiger partial charge >= 0.3 is 0 Å². The topological polar surface area (TPSA) is 89.8 Å². The molecule has 0 heterocycles. The van der Waals surface area contributed by atoms with Gasteiger partial charge in [0.15, 0.2) is 0 Å². The quantitative estimate of drug-likeness (QED) is 0.0362. The van der Waals surface area contributed by atoms with Gasteiger partial charge in [-0.3, -0.25) is 4.79 Å². The summed E-state index contributed by atoms with van der Waals surface area (Å²) in [6.45, 7) is 4.23. The maximum atomic E-state index is 12.5. The van der Waals surface area contributed by atoms with Crippen LogP contribution >= 0.6 is 0 Å².